The van der Waals surface area contributed by atoms with E-state index in [1.807, 2.05) is 19.1 Å². The molecule has 1 saturated heterocycles. The number of nitrogens with one attached hydrogen (secondary N) is 1. The van der Waals surface area contributed by atoms with Crippen LogP contribution >= 0.6 is 0 Å². The van der Waals surface area contributed by atoms with Crippen LogP contribution < -0.4 is 5.32 Å². The second-order valence-corrected chi connectivity index (χ2v) is 5.11. The number of nitrogens with zero attached hydrogens (tertiary/aromatic N) is 1. The van der Waals surface area contributed by atoms with Crippen molar-refractivity contribution in [2.45, 2.75) is 38.4 Å². The van der Waals surface area contributed by atoms with Gasteiger partial charge in [-0.1, -0.05) is 6.92 Å². The van der Waals surface area contributed by atoms with Gasteiger partial charge in [0.05, 0.1) is 6.04 Å². The number of aryl methyl sites for hydroxylation is 1. The maximum atomic E-state index is 12.5. The van der Waals surface area contributed by atoms with Crippen LogP contribution in [0.3, 0.4) is 0 Å². The molecule has 1 aromatic heterocycles. The average molecular weight is 290 g/mol. The third-order valence-corrected chi connectivity index (χ3v) is 3.65. The van der Waals surface area contributed by atoms with Crippen molar-refractivity contribution in [2.24, 2.45) is 0 Å². The van der Waals surface area contributed by atoms with Crippen LogP contribution in [0.4, 0.5) is 13.2 Å². The van der Waals surface area contributed by atoms with Crippen molar-refractivity contribution in [1.82, 2.24) is 10.2 Å². The Kier molecular flexibility index (Phi) is 5.10. The summed E-state index contributed by atoms with van der Waals surface area (Å²) in [7, 11) is 0. The molecule has 0 unspecified atom stereocenters. The van der Waals surface area contributed by atoms with Crippen molar-refractivity contribution in [3.05, 3.63) is 23.7 Å². The van der Waals surface area contributed by atoms with E-state index in [0.717, 1.165) is 38.4 Å². The van der Waals surface area contributed by atoms with Crippen LogP contribution in [0.1, 0.15) is 37.3 Å². The lowest BCUT2D eigenvalue weighted by molar-refractivity contribution is -0.139. The minimum absolute atomic E-state index is 0.0557. The molecule has 1 aliphatic rings. The highest BCUT2D eigenvalue weighted by atomic mass is 19.4. The molecule has 3 nitrogen and oxygen atoms in total. The van der Waals surface area contributed by atoms with Crippen LogP contribution in [-0.2, 0) is 6.42 Å². The van der Waals surface area contributed by atoms with Crippen molar-refractivity contribution in [2.75, 3.05) is 26.2 Å². The van der Waals surface area contributed by atoms with Gasteiger partial charge in [-0.25, -0.2) is 0 Å². The quantitative estimate of drug-likeness (QED) is 0.903. The van der Waals surface area contributed by atoms with E-state index in [0.29, 0.717) is 5.76 Å². The van der Waals surface area contributed by atoms with Crippen LogP contribution in [0, 0.1) is 0 Å². The first kappa shape index (κ1) is 15.4. The van der Waals surface area contributed by atoms with Gasteiger partial charge in [0, 0.05) is 39.0 Å². The Hall–Kier alpha value is -1.01. The van der Waals surface area contributed by atoms with Gasteiger partial charge in [-0.15, -0.1) is 0 Å². The molecule has 2 heterocycles. The predicted molar refractivity (Wildman–Crippen MR) is 70.6 cm³/mol. The van der Waals surface area contributed by atoms with Gasteiger partial charge in [0.25, 0.3) is 0 Å². The maximum absolute atomic E-state index is 12.5. The minimum atomic E-state index is -4.12. The van der Waals surface area contributed by atoms with Crippen molar-refractivity contribution >= 4 is 0 Å². The van der Waals surface area contributed by atoms with E-state index in [9.17, 15) is 13.2 Å². The van der Waals surface area contributed by atoms with E-state index in [2.05, 4.69) is 10.2 Å². The minimum Gasteiger partial charge on any atom is -0.464 e. The highest BCUT2D eigenvalue weighted by Gasteiger charge is 2.32. The average Bonchev–Trinajstić information content (AvgIpc) is 2.88. The molecule has 20 heavy (non-hydrogen) atoms. The first-order valence-corrected chi connectivity index (χ1v) is 7.09. The number of furan rings is 1. The summed E-state index contributed by atoms with van der Waals surface area (Å²) in [5, 5.41) is 3.22. The molecule has 0 bridgehead atoms. The van der Waals surface area contributed by atoms with Gasteiger partial charge < -0.3 is 9.73 Å². The van der Waals surface area contributed by atoms with Gasteiger partial charge in [-0.3, -0.25) is 4.90 Å². The molecule has 0 amide bonds. The molecule has 1 aromatic rings. The Bertz CT molecular complexity index is 411. The largest absolute Gasteiger partial charge is 0.464 e. The van der Waals surface area contributed by atoms with Crippen molar-refractivity contribution in [3.8, 4) is 0 Å². The zero-order chi connectivity index (χ0) is 14.6. The van der Waals surface area contributed by atoms with Gasteiger partial charge in [-0.05, 0) is 18.6 Å². The Labute approximate surface area is 117 Å². The summed E-state index contributed by atoms with van der Waals surface area (Å²) in [6, 6.07) is 3.40. The van der Waals surface area contributed by atoms with Crippen LogP contribution in [-0.4, -0.2) is 37.3 Å². The molecule has 1 atom stereocenters. The van der Waals surface area contributed by atoms with Gasteiger partial charge in [0.2, 0.25) is 0 Å². The van der Waals surface area contributed by atoms with Crippen molar-refractivity contribution in [3.63, 3.8) is 0 Å². The van der Waals surface area contributed by atoms with Gasteiger partial charge in [0.1, 0.15) is 11.5 Å². The molecule has 0 spiro atoms. The van der Waals surface area contributed by atoms with Gasteiger partial charge >= 0.3 is 6.18 Å². The number of hydrogen-bond donors (Lipinski definition) is 1. The monoisotopic (exact) mass is 290 g/mol. The number of rotatable bonds is 5. The lowest BCUT2D eigenvalue weighted by Crippen LogP contribution is -2.45. The smallest absolute Gasteiger partial charge is 0.389 e. The zero-order valence-electron chi connectivity index (χ0n) is 11.7. The molecular formula is C14H21F3N2O. The molecule has 0 aliphatic carbocycles. The topological polar surface area (TPSA) is 28.4 Å². The Balaban J connectivity index is 2.09. The van der Waals surface area contributed by atoms with E-state index in [4.69, 9.17) is 4.42 Å². The van der Waals surface area contributed by atoms with E-state index in [1.165, 1.54) is 0 Å². The first-order valence-electron chi connectivity index (χ1n) is 7.09. The summed E-state index contributed by atoms with van der Waals surface area (Å²) in [5.41, 5.74) is 0. The van der Waals surface area contributed by atoms with E-state index >= 15 is 0 Å². The second kappa shape index (κ2) is 6.63. The molecule has 2 rings (SSSR count). The number of piperazine rings is 1. The number of halogens is 3. The Morgan fingerprint density at radius 3 is 2.55 bits per heavy atom. The summed E-state index contributed by atoms with van der Waals surface area (Å²) in [6.45, 7) is 5.10. The SMILES string of the molecule is CCc1ccc([C@H](CCC(F)(F)F)N2CCNCC2)o1. The summed E-state index contributed by atoms with van der Waals surface area (Å²) >= 11 is 0. The predicted octanol–water partition coefficient (Wildman–Crippen LogP) is 3.13. The molecule has 1 N–H and O–H groups in total. The molecule has 1 fully saturated rings. The van der Waals surface area contributed by atoms with E-state index < -0.39 is 12.6 Å². The molecule has 1 aliphatic heterocycles. The molecule has 114 valence electrons. The summed E-state index contributed by atoms with van der Waals surface area (Å²) < 4.78 is 43.2. The molecule has 0 aromatic carbocycles. The summed E-state index contributed by atoms with van der Waals surface area (Å²) in [4.78, 5) is 2.08. The normalized spacial score (nSPS) is 19.2. The number of alkyl halides is 3. The summed E-state index contributed by atoms with van der Waals surface area (Å²) in [6.07, 6.45) is -4.08. The maximum Gasteiger partial charge on any atom is 0.389 e. The van der Waals surface area contributed by atoms with Crippen molar-refractivity contribution < 1.29 is 17.6 Å². The van der Waals surface area contributed by atoms with Gasteiger partial charge in [0.15, 0.2) is 0 Å². The van der Waals surface area contributed by atoms with E-state index in [1.54, 1.807) is 0 Å². The number of hydrogen-bond acceptors (Lipinski definition) is 3. The summed E-state index contributed by atoms with van der Waals surface area (Å²) in [5.74, 6) is 1.49. The third-order valence-electron chi connectivity index (χ3n) is 3.65. The third kappa shape index (κ3) is 4.24. The zero-order valence-corrected chi connectivity index (χ0v) is 11.7. The standard InChI is InChI=1S/C14H21F3N2O/c1-2-11-3-4-13(20-11)12(5-6-14(15,16)17)19-9-7-18-8-10-19/h3-4,12,18H,2,5-10H2,1H3/t12-/m0/s1. The fraction of sp³-hybridized carbons (Fsp3) is 0.714. The molecule has 6 heteroatoms. The van der Waals surface area contributed by atoms with Crippen molar-refractivity contribution in [1.29, 1.82) is 0 Å². The fourth-order valence-electron chi connectivity index (χ4n) is 2.56. The lowest BCUT2D eigenvalue weighted by atomic mass is 10.1. The van der Waals surface area contributed by atoms with E-state index in [-0.39, 0.29) is 12.5 Å². The Morgan fingerprint density at radius 1 is 1.30 bits per heavy atom. The molecule has 0 radical (unpaired) electrons. The van der Waals surface area contributed by atoms with Crippen LogP contribution in [0.25, 0.3) is 0 Å². The lowest BCUT2D eigenvalue weighted by Gasteiger charge is -2.34. The first-order chi connectivity index (χ1) is 9.49. The molecule has 0 saturated carbocycles. The highest BCUT2D eigenvalue weighted by Crippen LogP contribution is 2.32. The highest BCUT2D eigenvalue weighted by molar-refractivity contribution is 5.11. The fourth-order valence-corrected chi connectivity index (χ4v) is 2.56. The van der Waals surface area contributed by atoms with Crippen LogP contribution in [0.5, 0.6) is 0 Å². The van der Waals surface area contributed by atoms with Crippen LogP contribution in [0.15, 0.2) is 16.5 Å². The van der Waals surface area contributed by atoms with Crippen LogP contribution in [0.2, 0.25) is 0 Å². The second-order valence-electron chi connectivity index (χ2n) is 5.11. The Morgan fingerprint density at radius 2 is 2.00 bits per heavy atom. The molecular weight excluding hydrogens is 269 g/mol. The van der Waals surface area contributed by atoms with Gasteiger partial charge in [-0.2, -0.15) is 13.2 Å².